The van der Waals surface area contributed by atoms with Crippen LogP contribution in [0.25, 0.3) is 5.69 Å². The molecule has 0 aliphatic carbocycles. The molecular formula is C13H17N3O. The first-order chi connectivity index (χ1) is 8.00. The van der Waals surface area contributed by atoms with Gasteiger partial charge >= 0.3 is 0 Å². The van der Waals surface area contributed by atoms with Crippen molar-refractivity contribution in [1.29, 1.82) is 0 Å². The Morgan fingerprint density at radius 3 is 2.59 bits per heavy atom. The number of hydrogen-bond acceptors (Lipinski definition) is 3. The van der Waals surface area contributed by atoms with E-state index in [0.29, 0.717) is 0 Å². The maximum Gasteiger partial charge on any atom is 0.121 e. The van der Waals surface area contributed by atoms with Crippen LogP contribution in [0.5, 0.6) is 5.75 Å². The summed E-state index contributed by atoms with van der Waals surface area (Å²) in [7, 11) is 1.65. The van der Waals surface area contributed by atoms with Gasteiger partial charge in [-0.05, 0) is 12.1 Å². The van der Waals surface area contributed by atoms with Gasteiger partial charge in [0.05, 0.1) is 24.7 Å². The Balaban J connectivity index is 2.37. The average Bonchev–Trinajstić information content (AvgIpc) is 2.78. The Hall–Kier alpha value is -1.84. The Morgan fingerprint density at radius 2 is 2.00 bits per heavy atom. The number of benzene rings is 1. The third-order valence-corrected chi connectivity index (χ3v) is 2.58. The lowest BCUT2D eigenvalue weighted by atomic mass is 9.93. The molecule has 0 bridgehead atoms. The van der Waals surface area contributed by atoms with Crippen LogP contribution in [-0.2, 0) is 5.41 Å². The van der Waals surface area contributed by atoms with E-state index in [0.717, 1.165) is 17.1 Å². The van der Waals surface area contributed by atoms with E-state index in [4.69, 9.17) is 4.74 Å². The first-order valence-corrected chi connectivity index (χ1v) is 5.58. The largest absolute Gasteiger partial charge is 0.497 e. The molecule has 0 aliphatic heterocycles. The first-order valence-electron chi connectivity index (χ1n) is 5.58. The molecule has 0 aliphatic rings. The minimum absolute atomic E-state index is 0.0110. The molecule has 0 amide bonds. The zero-order valence-corrected chi connectivity index (χ0v) is 10.6. The van der Waals surface area contributed by atoms with Gasteiger partial charge in [-0.2, -0.15) is 0 Å². The molecule has 1 aromatic carbocycles. The van der Waals surface area contributed by atoms with Crippen LogP contribution in [0, 0.1) is 0 Å². The molecule has 1 aromatic heterocycles. The van der Waals surface area contributed by atoms with Crippen molar-refractivity contribution in [3.05, 3.63) is 36.2 Å². The third-order valence-electron chi connectivity index (χ3n) is 2.58. The number of hydrogen-bond donors (Lipinski definition) is 0. The zero-order valence-electron chi connectivity index (χ0n) is 10.6. The molecule has 2 aromatic rings. The smallest absolute Gasteiger partial charge is 0.121 e. The minimum Gasteiger partial charge on any atom is -0.497 e. The Bertz CT molecular complexity index is 511. The van der Waals surface area contributed by atoms with Crippen LogP contribution in [0.3, 0.4) is 0 Å². The van der Waals surface area contributed by atoms with E-state index in [1.54, 1.807) is 11.8 Å². The molecule has 0 fully saturated rings. The normalized spacial score (nSPS) is 11.5. The molecule has 0 saturated heterocycles. The molecule has 2 rings (SSSR count). The lowest BCUT2D eigenvalue weighted by molar-refractivity contribution is 0.414. The molecule has 0 saturated carbocycles. The van der Waals surface area contributed by atoms with Crippen molar-refractivity contribution in [1.82, 2.24) is 15.0 Å². The Labute approximate surface area is 101 Å². The molecule has 4 heteroatoms. The predicted octanol–water partition coefficient (Wildman–Crippen LogP) is 2.57. The van der Waals surface area contributed by atoms with Crippen molar-refractivity contribution in [2.45, 2.75) is 26.2 Å². The summed E-state index contributed by atoms with van der Waals surface area (Å²) in [5.74, 6) is 0.815. The number of methoxy groups -OCH3 is 1. The molecule has 0 radical (unpaired) electrons. The van der Waals surface area contributed by atoms with Gasteiger partial charge in [-0.1, -0.05) is 32.1 Å². The number of ether oxygens (including phenoxy) is 1. The van der Waals surface area contributed by atoms with Gasteiger partial charge in [-0.15, -0.1) is 5.10 Å². The third kappa shape index (κ3) is 2.46. The molecular weight excluding hydrogens is 214 g/mol. The van der Waals surface area contributed by atoms with E-state index in [1.807, 2.05) is 30.5 Å². The molecule has 0 atom stereocenters. The molecule has 90 valence electrons. The standard InChI is InChI=1S/C13H17N3O/c1-13(2,3)12-9-16(15-14-12)10-6-5-7-11(8-10)17-4/h5-9H,1-4H3. The highest BCUT2D eigenvalue weighted by Crippen LogP contribution is 2.21. The highest BCUT2D eigenvalue weighted by Gasteiger charge is 2.18. The van der Waals surface area contributed by atoms with Crippen molar-refractivity contribution in [3.8, 4) is 11.4 Å². The lowest BCUT2D eigenvalue weighted by Gasteiger charge is -2.12. The van der Waals surface area contributed by atoms with Crippen molar-refractivity contribution >= 4 is 0 Å². The predicted molar refractivity (Wildman–Crippen MR) is 66.6 cm³/mol. The second-order valence-corrected chi connectivity index (χ2v) is 5.00. The summed E-state index contributed by atoms with van der Waals surface area (Å²) in [5, 5.41) is 8.33. The maximum atomic E-state index is 5.19. The summed E-state index contributed by atoms with van der Waals surface area (Å²) in [6.07, 6.45) is 1.95. The van der Waals surface area contributed by atoms with Crippen LogP contribution in [0.2, 0.25) is 0 Å². The van der Waals surface area contributed by atoms with Gasteiger partial charge in [0.1, 0.15) is 5.75 Å². The zero-order chi connectivity index (χ0) is 12.5. The van der Waals surface area contributed by atoms with Crippen molar-refractivity contribution in [2.24, 2.45) is 0 Å². The SMILES string of the molecule is COc1cccc(-n2cc(C(C)(C)C)nn2)c1. The van der Waals surface area contributed by atoms with E-state index in [9.17, 15) is 0 Å². The van der Waals surface area contributed by atoms with Crippen molar-refractivity contribution in [3.63, 3.8) is 0 Å². The van der Waals surface area contributed by atoms with Crippen LogP contribution in [0.15, 0.2) is 30.5 Å². The van der Waals surface area contributed by atoms with Gasteiger partial charge < -0.3 is 4.74 Å². The first kappa shape index (κ1) is 11.6. The maximum absolute atomic E-state index is 5.19. The Morgan fingerprint density at radius 1 is 1.24 bits per heavy atom. The van der Waals surface area contributed by atoms with Gasteiger partial charge in [0.25, 0.3) is 0 Å². The van der Waals surface area contributed by atoms with E-state index < -0.39 is 0 Å². The van der Waals surface area contributed by atoms with Crippen LogP contribution >= 0.6 is 0 Å². The summed E-state index contributed by atoms with van der Waals surface area (Å²) in [5.41, 5.74) is 1.93. The van der Waals surface area contributed by atoms with Crippen LogP contribution in [0.4, 0.5) is 0 Å². The summed E-state index contributed by atoms with van der Waals surface area (Å²) in [6.45, 7) is 6.35. The fraction of sp³-hybridized carbons (Fsp3) is 0.385. The summed E-state index contributed by atoms with van der Waals surface area (Å²) in [4.78, 5) is 0. The fourth-order valence-electron chi connectivity index (χ4n) is 1.49. The molecule has 0 unspecified atom stereocenters. The van der Waals surface area contributed by atoms with Gasteiger partial charge in [-0.3, -0.25) is 0 Å². The van der Waals surface area contributed by atoms with Crippen molar-refractivity contribution in [2.75, 3.05) is 7.11 Å². The average molecular weight is 231 g/mol. The number of aromatic nitrogens is 3. The summed E-state index contributed by atoms with van der Waals surface area (Å²) in [6, 6.07) is 7.75. The topological polar surface area (TPSA) is 39.9 Å². The quantitative estimate of drug-likeness (QED) is 0.797. The van der Waals surface area contributed by atoms with E-state index >= 15 is 0 Å². The van der Waals surface area contributed by atoms with Crippen molar-refractivity contribution < 1.29 is 4.74 Å². The molecule has 0 spiro atoms. The van der Waals surface area contributed by atoms with Gasteiger partial charge in [-0.25, -0.2) is 4.68 Å². The highest BCUT2D eigenvalue weighted by atomic mass is 16.5. The van der Waals surface area contributed by atoms with Gasteiger partial charge in [0, 0.05) is 11.5 Å². The second-order valence-electron chi connectivity index (χ2n) is 5.00. The molecule has 4 nitrogen and oxygen atoms in total. The summed E-state index contributed by atoms with van der Waals surface area (Å²) < 4.78 is 6.96. The molecule has 1 heterocycles. The van der Waals surface area contributed by atoms with Crippen LogP contribution in [-0.4, -0.2) is 22.1 Å². The summed E-state index contributed by atoms with van der Waals surface area (Å²) >= 11 is 0. The van der Waals surface area contributed by atoms with Crippen LogP contribution in [0.1, 0.15) is 26.5 Å². The van der Waals surface area contributed by atoms with Gasteiger partial charge in [0.2, 0.25) is 0 Å². The highest BCUT2D eigenvalue weighted by molar-refractivity contribution is 5.38. The fourth-order valence-corrected chi connectivity index (χ4v) is 1.49. The minimum atomic E-state index is 0.0110. The monoisotopic (exact) mass is 231 g/mol. The van der Waals surface area contributed by atoms with Crippen LogP contribution < -0.4 is 4.74 Å². The van der Waals surface area contributed by atoms with E-state index in [1.165, 1.54) is 0 Å². The second kappa shape index (κ2) is 4.20. The Kier molecular flexibility index (Phi) is 2.88. The van der Waals surface area contributed by atoms with Gasteiger partial charge in [0.15, 0.2) is 0 Å². The molecule has 0 N–H and O–H groups in total. The molecule has 17 heavy (non-hydrogen) atoms. The number of rotatable bonds is 2. The lowest BCUT2D eigenvalue weighted by Crippen LogP contribution is -2.11. The van der Waals surface area contributed by atoms with E-state index in [-0.39, 0.29) is 5.41 Å². The van der Waals surface area contributed by atoms with E-state index in [2.05, 4.69) is 31.1 Å². The number of nitrogens with zero attached hydrogens (tertiary/aromatic N) is 3.